The third-order valence-electron chi connectivity index (χ3n) is 5.62. The Bertz CT molecular complexity index is 194. The smallest absolute Gasteiger partial charge is 0.0269 e. The van der Waals surface area contributed by atoms with Crippen LogP contribution in [0.25, 0.3) is 0 Å². The second-order valence-corrected chi connectivity index (χ2v) is 6.56. The molecule has 0 heterocycles. The van der Waals surface area contributed by atoms with Gasteiger partial charge in [0, 0.05) is 0 Å². The maximum Gasteiger partial charge on any atom is -0.0269 e. The van der Waals surface area contributed by atoms with Crippen LogP contribution >= 0.6 is 0 Å². The lowest BCUT2D eigenvalue weighted by molar-refractivity contribution is 0.0634. The molecule has 0 aromatic rings. The van der Waals surface area contributed by atoms with Crippen molar-refractivity contribution in [3.05, 3.63) is 0 Å². The minimum atomic E-state index is 0.739. The molecule has 2 fully saturated rings. The third kappa shape index (κ3) is 1.33. The fourth-order valence-corrected chi connectivity index (χ4v) is 4.16. The molecule has 2 aliphatic rings. The molecule has 2 atom stereocenters. The fraction of sp³-hybridized carbons (Fsp3) is 1.00. The Morgan fingerprint density at radius 1 is 0.714 bits per heavy atom. The van der Waals surface area contributed by atoms with Crippen LogP contribution in [-0.4, -0.2) is 0 Å². The molecule has 2 rings (SSSR count). The molecular weight excluding hydrogens is 168 g/mol. The summed E-state index contributed by atoms with van der Waals surface area (Å²) in [6.45, 7) is 9.78. The minimum absolute atomic E-state index is 0.739. The van der Waals surface area contributed by atoms with Gasteiger partial charge in [-0.3, -0.25) is 0 Å². The monoisotopic (exact) mass is 194 g/mol. The van der Waals surface area contributed by atoms with Crippen LogP contribution in [0.5, 0.6) is 0 Å². The van der Waals surface area contributed by atoms with Crippen LogP contribution in [0.1, 0.15) is 66.2 Å². The molecule has 0 saturated heterocycles. The van der Waals surface area contributed by atoms with Gasteiger partial charge in [0.2, 0.25) is 0 Å². The Morgan fingerprint density at radius 3 is 1.50 bits per heavy atom. The Balaban J connectivity index is 2.22. The average molecular weight is 194 g/mol. The summed E-state index contributed by atoms with van der Waals surface area (Å²) in [5.74, 6) is 1.81. The highest BCUT2D eigenvalue weighted by molar-refractivity contribution is 5.03. The summed E-state index contributed by atoms with van der Waals surface area (Å²) in [7, 11) is 0. The van der Waals surface area contributed by atoms with Crippen LogP contribution in [0.4, 0.5) is 0 Å². The summed E-state index contributed by atoms with van der Waals surface area (Å²) >= 11 is 0. The molecule has 0 aromatic carbocycles. The number of rotatable bonds is 2. The van der Waals surface area contributed by atoms with Gasteiger partial charge < -0.3 is 0 Å². The summed E-state index contributed by atoms with van der Waals surface area (Å²) in [5, 5.41) is 0. The summed E-state index contributed by atoms with van der Waals surface area (Å²) in [6.07, 6.45) is 9.09. The summed E-state index contributed by atoms with van der Waals surface area (Å²) in [4.78, 5) is 0. The Hall–Kier alpha value is 0. The summed E-state index contributed by atoms with van der Waals surface area (Å²) < 4.78 is 0. The summed E-state index contributed by atoms with van der Waals surface area (Å²) in [5.41, 5.74) is 1.48. The molecule has 0 spiro atoms. The van der Waals surface area contributed by atoms with Gasteiger partial charge in [-0.2, -0.15) is 0 Å². The first kappa shape index (κ1) is 10.5. The quantitative estimate of drug-likeness (QED) is 0.601. The van der Waals surface area contributed by atoms with Crippen LogP contribution in [0.2, 0.25) is 0 Å². The van der Waals surface area contributed by atoms with Gasteiger partial charge in [-0.15, -0.1) is 0 Å². The van der Waals surface area contributed by atoms with E-state index in [4.69, 9.17) is 0 Å². The normalized spacial score (nSPS) is 42.4. The molecule has 0 N–H and O–H groups in total. The standard InChI is InChI=1S/C14H26/c1-11(2)13-6-5-7-14(10-13,9-8-13)12(3)4/h11-12H,5-10H2,1-4H3. The Kier molecular flexibility index (Phi) is 2.44. The molecule has 0 heteroatoms. The molecule has 0 radical (unpaired) electrons. The van der Waals surface area contributed by atoms with Gasteiger partial charge in [-0.25, -0.2) is 0 Å². The van der Waals surface area contributed by atoms with Gasteiger partial charge in [0.1, 0.15) is 0 Å². The second kappa shape index (κ2) is 3.25. The second-order valence-electron chi connectivity index (χ2n) is 6.56. The van der Waals surface area contributed by atoms with Gasteiger partial charge in [-0.1, -0.05) is 34.1 Å². The fourth-order valence-electron chi connectivity index (χ4n) is 4.16. The van der Waals surface area contributed by atoms with Crippen LogP contribution in [-0.2, 0) is 0 Å². The molecular formula is C14H26. The highest BCUT2D eigenvalue weighted by atomic mass is 14.6. The molecule has 2 bridgehead atoms. The molecule has 14 heavy (non-hydrogen) atoms. The van der Waals surface area contributed by atoms with Crippen molar-refractivity contribution in [2.45, 2.75) is 66.2 Å². The maximum absolute atomic E-state index is 2.45. The highest BCUT2D eigenvalue weighted by Gasteiger charge is 2.52. The predicted octanol–water partition coefficient (Wildman–Crippen LogP) is 4.64. The van der Waals surface area contributed by atoms with Crippen molar-refractivity contribution in [2.75, 3.05) is 0 Å². The average Bonchev–Trinajstić information content (AvgIpc) is 2.41. The minimum Gasteiger partial charge on any atom is -0.0622 e. The van der Waals surface area contributed by atoms with E-state index >= 15 is 0 Å². The first-order chi connectivity index (χ1) is 6.51. The zero-order valence-electron chi connectivity index (χ0n) is 10.4. The third-order valence-corrected chi connectivity index (χ3v) is 5.62. The lowest BCUT2D eigenvalue weighted by Gasteiger charge is -2.44. The predicted molar refractivity (Wildman–Crippen MR) is 62.2 cm³/mol. The van der Waals surface area contributed by atoms with E-state index < -0.39 is 0 Å². The molecule has 0 nitrogen and oxygen atoms in total. The number of hydrogen-bond acceptors (Lipinski definition) is 0. The first-order valence-corrected chi connectivity index (χ1v) is 6.51. The lowest BCUT2D eigenvalue weighted by Crippen LogP contribution is -2.34. The van der Waals surface area contributed by atoms with E-state index in [9.17, 15) is 0 Å². The van der Waals surface area contributed by atoms with Gasteiger partial charge in [0.25, 0.3) is 0 Å². The van der Waals surface area contributed by atoms with Gasteiger partial charge >= 0.3 is 0 Å². The van der Waals surface area contributed by atoms with Crippen molar-refractivity contribution in [1.82, 2.24) is 0 Å². The van der Waals surface area contributed by atoms with Crippen molar-refractivity contribution in [3.8, 4) is 0 Å². The van der Waals surface area contributed by atoms with Crippen LogP contribution < -0.4 is 0 Å². The van der Waals surface area contributed by atoms with Crippen molar-refractivity contribution in [3.63, 3.8) is 0 Å². The Labute approximate surface area is 89.5 Å². The Morgan fingerprint density at radius 2 is 1.14 bits per heavy atom. The first-order valence-electron chi connectivity index (χ1n) is 6.51. The van der Waals surface area contributed by atoms with E-state index in [1.165, 1.54) is 38.5 Å². The van der Waals surface area contributed by atoms with E-state index in [-0.39, 0.29) is 0 Å². The SMILES string of the molecule is CC(C)C12CCCC(C(C)C)(CC1)C2. The van der Waals surface area contributed by atoms with Crippen molar-refractivity contribution in [2.24, 2.45) is 22.7 Å². The molecule has 82 valence electrons. The highest BCUT2D eigenvalue weighted by Crippen LogP contribution is 2.63. The topological polar surface area (TPSA) is 0 Å². The molecule has 2 aliphatic carbocycles. The van der Waals surface area contributed by atoms with Gasteiger partial charge in [0.15, 0.2) is 0 Å². The molecule has 0 amide bonds. The van der Waals surface area contributed by atoms with Gasteiger partial charge in [0.05, 0.1) is 0 Å². The molecule has 2 saturated carbocycles. The molecule has 2 unspecified atom stereocenters. The van der Waals surface area contributed by atoms with E-state index in [0.29, 0.717) is 0 Å². The van der Waals surface area contributed by atoms with Crippen LogP contribution in [0, 0.1) is 22.7 Å². The van der Waals surface area contributed by atoms with E-state index in [1.54, 1.807) is 0 Å². The zero-order chi connectivity index (χ0) is 10.4. The van der Waals surface area contributed by atoms with E-state index in [0.717, 1.165) is 22.7 Å². The van der Waals surface area contributed by atoms with Crippen molar-refractivity contribution in [1.29, 1.82) is 0 Å². The van der Waals surface area contributed by atoms with Crippen molar-refractivity contribution >= 4 is 0 Å². The van der Waals surface area contributed by atoms with E-state index in [1.807, 2.05) is 0 Å². The van der Waals surface area contributed by atoms with Crippen molar-refractivity contribution < 1.29 is 0 Å². The summed E-state index contributed by atoms with van der Waals surface area (Å²) in [6, 6.07) is 0. The maximum atomic E-state index is 2.45. The number of fused-ring (bicyclic) bond motifs is 2. The molecule has 0 aromatic heterocycles. The van der Waals surface area contributed by atoms with Crippen LogP contribution in [0.15, 0.2) is 0 Å². The van der Waals surface area contributed by atoms with E-state index in [2.05, 4.69) is 27.7 Å². The largest absolute Gasteiger partial charge is 0.0622 e. The zero-order valence-corrected chi connectivity index (χ0v) is 10.4. The number of hydrogen-bond donors (Lipinski definition) is 0. The van der Waals surface area contributed by atoms with Crippen LogP contribution in [0.3, 0.4) is 0 Å². The van der Waals surface area contributed by atoms with Gasteiger partial charge in [-0.05, 0) is 54.8 Å². The molecule has 0 aliphatic heterocycles. The lowest BCUT2D eigenvalue weighted by atomic mass is 9.61.